The van der Waals surface area contributed by atoms with Gasteiger partial charge in [0.1, 0.15) is 30.0 Å². The lowest BCUT2D eigenvalue weighted by Crippen LogP contribution is -2.32. The molecule has 0 atom stereocenters. The molecule has 0 unspecified atom stereocenters. The predicted octanol–water partition coefficient (Wildman–Crippen LogP) is 4.28. The van der Waals surface area contributed by atoms with Crippen LogP contribution in [-0.2, 0) is 0 Å². The number of hydrogen-bond acceptors (Lipinski definition) is 9. The molecule has 1 amide bonds. The summed E-state index contributed by atoms with van der Waals surface area (Å²) in [5, 5.41) is 6.30. The number of rotatable bonds is 8. The molecule has 3 heterocycles. The van der Waals surface area contributed by atoms with E-state index in [0.29, 0.717) is 40.7 Å². The third-order valence-corrected chi connectivity index (χ3v) is 6.53. The highest BCUT2D eigenvalue weighted by Gasteiger charge is 2.19. The molecular formula is C27H28FN7O3. The third-order valence-electron chi connectivity index (χ3n) is 6.53. The molecule has 38 heavy (non-hydrogen) atoms. The van der Waals surface area contributed by atoms with Crippen molar-refractivity contribution in [3.63, 3.8) is 0 Å². The molecule has 2 aromatic heterocycles. The standard InChI is InChI=1S/C27H28FN7O3/c1-35-9-6-17(7-10-35)14-38-25-13-23-19(12-24(25)37-2)26(32-16-31-23)34-21-4-3-18(11-20(21)28)33-27(36)22-5-8-29-15-30-22/h3-5,8,11-13,15-17H,6-7,9-10,14H2,1-2H3,(H,33,36)(H,31,32,34). The van der Waals surface area contributed by atoms with E-state index < -0.39 is 11.7 Å². The number of halogens is 1. The Bertz CT molecular complexity index is 1430. The van der Waals surface area contributed by atoms with Crippen LogP contribution in [0.1, 0.15) is 23.3 Å². The number of hydrogen-bond donors (Lipinski definition) is 2. The van der Waals surface area contributed by atoms with Crippen molar-refractivity contribution < 1.29 is 18.7 Å². The number of carbonyl (C=O) groups is 1. The van der Waals surface area contributed by atoms with Crippen LogP contribution in [0.3, 0.4) is 0 Å². The largest absolute Gasteiger partial charge is 0.493 e. The van der Waals surface area contributed by atoms with Crippen LogP contribution in [0.25, 0.3) is 10.9 Å². The van der Waals surface area contributed by atoms with Gasteiger partial charge in [-0.1, -0.05) is 0 Å². The fraction of sp³-hybridized carbons (Fsp3) is 0.296. The van der Waals surface area contributed by atoms with E-state index in [2.05, 4.69) is 42.5 Å². The van der Waals surface area contributed by atoms with E-state index in [1.165, 1.54) is 37.1 Å². The number of nitrogens with zero attached hydrogens (tertiary/aromatic N) is 5. The van der Waals surface area contributed by atoms with Gasteiger partial charge in [-0.2, -0.15) is 0 Å². The second kappa shape index (κ2) is 11.3. The van der Waals surface area contributed by atoms with Gasteiger partial charge in [0.15, 0.2) is 11.5 Å². The number of fused-ring (bicyclic) bond motifs is 1. The lowest BCUT2D eigenvalue weighted by molar-refractivity contribution is 0.102. The smallest absolute Gasteiger partial charge is 0.274 e. The van der Waals surface area contributed by atoms with E-state index in [9.17, 15) is 9.18 Å². The highest BCUT2D eigenvalue weighted by molar-refractivity contribution is 6.02. The third kappa shape index (κ3) is 5.78. The van der Waals surface area contributed by atoms with Crippen molar-refractivity contribution >= 4 is 34.0 Å². The lowest BCUT2D eigenvalue weighted by atomic mass is 9.98. The summed E-state index contributed by atoms with van der Waals surface area (Å²) in [6.45, 7) is 2.74. The summed E-state index contributed by atoms with van der Waals surface area (Å²) in [7, 11) is 3.71. The summed E-state index contributed by atoms with van der Waals surface area (Å²) < 4.78 is 26.7. The molecule has 0 saturated carbocycles. The monoisotopic (exact) mass is 517 g/mol. The zero-order chi connectivity index (χ0) is 26.5. The Kier molecular flexibility index (Phi) is 7.55. The first kappa shape index (κ1) is 25.3. The lowest BCUT2D eigenvalue weighted by Gasteiger charge is -2.28. The van der Waals surface area contributed by atoms with Crippen LogP contribution in [-0.4, -0.2) is 64.6 Å². The zero-order valence-electron chi connectivity index (χ0n) is 21.1. The number of aromatic nitrogens is 4. The van der Waals surface area contributed by atoms with E-state index in [1.54, 1.807) is 19.2 Å². The van der Waals surface area contributed by atoms with Gasteiger partial charge in [0.05, 0.1) is 24.9 Å². The Labute approximate surface area is 219 Å². The summed E-state index contributed by atoms with van der Waals surface area (Å²) in [5.41, 5.74) is 1.29. The van der Waals surface area contributed by atoms with E-state index in [-0.39, 0.29) is 17.1 Å². The molecule has 4 aromatic rings. The van der Waals surface area contributed by atoms with Gasteiger partial charge in [-0.15, -0.1) is 0 Å². The Morgan fingerprint density at radius 2 is 1.92 bits per heavy atom. The van der Waals surface area contributed by atoms with E-state index >= 15 is 0 Å². The number of anilines is 3. The molecule has 1 aliphatic rings. The molecule has 0 aliphatic carbocycles. The molecule has 0 spiro atoms. The Morgan fingerprint density at radius 1 is 1.08 bits per heavy atom. The zero-order valence-corrected chi connectivity index (χ0v) is 21.1. The van der Waals surface area contributed by atoms with Crippen LogP contribution in [0.15, 0.2) is 55.2 Å². The number of ether oxygens (including phenoxy) is 2. The summed E-state index contributed by atoms with van der Waals surface area (Å²) in [6, 6.07) is 9.41. The maximum absolute atomic E-state index is 15.0. The molecule has 2 aromatic carbocycles. The highest BCUT2D eigenvalue weighted by Crippen LogP contribution is 2.36. The molecule has 5 rings (SSSR count). The molecule has 1 saturated heterocycles. The molecule has 10 nitrogen and oxygen atoms in total. The molecule has 0 bridgehead atoms. The van der Waals surface area contributed by atoms with E-state index in [4.69, 9.17) is 9.47 Å². The Balaban J connectivity index is 1.32. The summed E-state index contributed by atoms with van der Waals surface area (Å²) in [6.07, 6.45) is 6.33. The van der Waals surface area contributed by atoms with E-state index in [0.717, 1.165) is 25.9 Å². The van der Waals surface area contributed by atoms with Gasteiger partial charge in [0, 0.05) is 23.3 Å². The van der Waals surface area contributed by atoms with Gasteiger partial charge in [0.2, 0.25) is 0 Å². The van der Waals surface area contributed by atoms with Gasteiger partial charge in [-0.25, -0.2) is 24.3 Å². The molecule has 1 fully saturated rings. The number of benzene rings is 2. The molecule has 11 heteroatoms. The minimum absolute atomic E-state index is 0.179. The topological polar surface area (TPSA) is 114 Å². The Morgan fingerprint density at radius 3 is 2.66 bits per heavy atom. The number of amides is 1. The number of nitrogens with one attached hydrogen (secondary N) is 2. The quantitative estimate of drug-likeness (QED) is 0.353. The van der Waals surface area contributed by atoms with Crippen LogP contribution in [0.2, 0.25) is 0 Å². The van der Waals surface area contributed by atoms with Gasteiger partial charge in [-0.3, -0.25) is 4.79 Å². The van der Waals surface area contributed by atoms with Crippen molar-refractivity contribution in [2.24, 2.45) is 5.92 Å². The number of likely N-dealkylation sites (tertiary alicyclic amines) is 1. The first-order valence-electron chi connectivity index (χ1n) is 12.3. The minimum Gasteiger partial charge on any atom is -0.493 e. The van der Waals surface area contributed by atoms with Crippen molar-refractivity contribution in [1.82, 2.24) is 24.8 Å². The second-order valence-corrected chi connectivity index (χ2v) is 9.17. The van der Waals surface area contributed by atoms with Crippen molar-refractivity contribution in [3.05, 3.63) is 66.8 Å². The first-order chi connectivity index (χ1) is 18.5. The SMILES string of the molecule is COc1cc2c(Nc3ccc(NC(=O)c4ccncn4)cc3F)ncnc2cc1OCC1CCN(C)CC1. The van der Waals surface area contributed by atoms with Crippen molar-refractivity contribution in [2.45, 2.75) is 12.8 Å². The number of carbonyl (C=O) groups excluding carboxylic acids is 1. The minimum atomic E-state index is -0.567. The summed E-state index contributed by atoms with van der Waals surface area (Å²) in [4.78, 5) is 31.0. The van der Waals surface area contributed by atoms with Crippen molar-refractivity contribution in [3.8, 4) is 11.5 Å². The van der Waals surface area contributed by atoms with Crippen LogP contribution >= 0.6 is 0 Å². The molecule has 196 valence electrons. The van der Waals surface area contributed by atoms with Gasteiger partial charge in [0.25, 0.3) is 5.91 Å². The number of methoxy groups -OCH3 is 1. The molecular weight excluding hydrogens is 489 g/mol. The van der Waals surface area contributed by atoms with Gasteiger partial charge >= 0.3 is 0 Å². The average molecular weight is 518 g/mol. The fourth-order valence-corrected chi connectivity index (χ4v) is 4.31. The molecule has 0 radical (unpaired) electrons. The van der Waals surface area contributed by atoms with Crippen LogP contribution < -0.4 is 20.1 Å². The molecule has 2 N–H and O–H groups in total. The number of piperidine rings is 1. The fourth-order valence-electron chi connectivity index (χ4n) is 4.31. The Hall–Kier alpha value is -4.38. The molecule has 1 aliphatic heterocycles. The first-order valence-corrected chi connectivity index (χ1v) is 12.3. The van der Waals surface area contributed by atoms with Gasteiger partial charge in [-0.05, 0) is 69.2 Å². The van der Waals surface area contributed by atoms with Crippen LogP contribution in [0, 0.1) is 11.7 Å². The maximum Gasteiger partial charge on any atom is 0.274 e. The maximum atomic E-state index is 15.0. The average Bonchev–Trinajstić information content (AvgIpc) is 2.94. The van der Waals surface area contributed by atoms with Crippen LogP contribution in [0.5, 0.6) is 11.5 Å². The van der Waals surface area contributed by atoms with Gasteiger partial charge < -0.3 is 25.0 Å². The predicted molar refractivity (Wildman–Crippen MR) is 141 cm³/mol. The van der Waals surface area contributed by atoms with E-state index in [1.807, 2.05) is 6.07 Å². The highest BCUT2D eigenvalue weighted by atomic mass is 19.1. The summed E-state index contributed by atoms with van der Waals surface area (Å²) >= 11 is 0. The normalized spacial score (nSPS) is 14.3. The van der Waals surface area contributed by atoms with Crippen molar-refractivity contribution in [1.29, 1.82) is 0 Å². The van der Waals surface area contributed by atoms with Crippen LogP contribution in [0.4, 0.5) is 21.6 Å². The second-order valence-electron chi connectivity index (χ2n) is 9.17. The summed E-state index contributed by atoms with van der Waals surface area (Å²) in [5.74, 6) is 1.03. The van der Waals surface area contributed by atoms with Crippen molar-refractivity contribution in [2.75, 3.05) is 44.5 Å².